The quantitative estimate of drug-likeness (QED) is 0.682. The molecule has 0 aromatic rings. The highest BCUT2D eigenvalue weighted by Gasteiger charge is 2.27. The maximum absolute atomic E-state index is 11.9. The molecule has 0 rings (SSSR count). The zero-order valence-corrected chi connectivity index (χ0v) is 8.31. The van der Waals surface area contributed by atoms with Crippen molar-refractivity contribution in [2.24, 2.45) is 5.73 Å². The molecule has 3 nitrogen and oxygen atoms in total. The van der Waals surface area contributed by atoms with E-state index in [1.807, 2.05) is 0 Å². The predicted molar refractivity (Wildman–Crippen MR) is 48.0 cm³/mol. The summed E-state index contributed by atoms with van der Waals surface area (Å²) in [4.78, 5) is 1.65. The Bertz CT molecular complexity index is 141. The van der Waals surface area contributed by atoms with Crippen molar-refractivity contribution >= 4 is 0 Å². The number of halogens is 3. The fourth-order valence-electron chi connectivity index (χ4n) is 1.02. The third kappa shape index (κ3) is 8.28. The molecule has 86 valence electrons. The van der Waals surface area contributed by atoms with Gasteiger partial charge in [0, 0.05) is 33.3 Å². The Morgan fingerprint density at radius 3 is 2.29 bits per heavy atom. The van der Waals surface area contributed by atoms with Crippen molar-refractivity contribution < 1.29 is 17.9 Å². The third-order valence-corrected chi connectivity index (χ3v) is 1.77. The summed E-state index contributed by atoms with van der Waals surface area (Å²) in [5.41, 5.74) is 5.28. The van der Waals surface area contributed by atoms with Gasteiger partial charge in [-0.3, -0.25) is 4.90 Å². The van der Waals surface area contributed by atoms with Crippen LogP contribution in [0.15, 0.2) is 0 Å². The van der Waals surface area contributed by atoms with Crippen LogP contribution in [0.2, 0.25) is 0 Å². The van der Waals surface area contributed by atoms with Crippen LogP contribution in [-0.2, 0) is 4.74 Å². The van der Waals surface area contributed by atoms with Crippen molar-refractivity contribution in [3.05, 3.63) is 0 Å². The number of ether oxygens (including phenoxy) is 1. The molecule has 14 heavy (non-hydrogen) atoms. The molecule has 0 atom stereocenters. The Balaban J connectivity index is 3.72. The van der Waals surface area contributed by atoms with Crippen LogP contribution in [0.25, 0.3) is 0 Å². The standard InChI is InChI=1S/C8H17F3N2O/c1-14-7-6-13(5-3-12)4-2-8(9,10)11/h2-7,12H2,1H3. The van der Waals surface area contributed by atoms with Gasteiger partial charge in [0.25, 0.3) is 0 Å². The summed E-state index contributed by atoms with van der Waals surface area (Å²) in [5.74, 6) is 0. The molecule has 0 bridgehead atoms. The molecular formula is C8H17F3N2O. The zero-order chi connectivity index (χ0) is 11.0. The van der Waals surface area contributed by atoms with Crippen molar-refractivity contribution in [2.75, 3.05) is 39.9 Å². The van der Waals surface area contributed by atoms with Crippen molar-refractivity contribution in [2.45, 2.75) is 12.6 Å². The van der Waals surface area contributed by atoms with E-state index in [2.05, 4.69) is 0 Å². The van der Waals surface area contributed by atoms with Crippen LogP contribution >= 0.6 is 0 Å². The lowest BCUT2D eigenvalue weighted by molar-refractivity contribution is -0.138. The van der Waals surface area contributed by atoms with E-state index in [1.54, 1.807) is 4.90 Å². The van der Waals surface area contributed by atoms with Gasteiger partial charge >= 0.3 is 6.18 Å². The Morgan fingerprint density at radius 2 is 1.86 bits per heavy atom. The van der Waals surface area contributed by atoms with Gasteiger partial charge in [0.05, 0.1) is 13.0 Å². The number of methoxy groups -OCH3 is 1. The summed E-state index contributed by atoms with van der Waals surface area (Å²) in [7, 11) is 1.52. The molecule has 0 aromatic carbocycles. The molecule has 6 heteroatoms. The summed E-state index contributed by atoms with van der Waals surface area (Å²) >= 11 is 0. The third-order valence-electron chi connectivity index (χ3n) is 1.77. The lowest BCUT2D eigenvalue weighted by atomic mass is 10.3. The molecule has 0 spiro atoms. The second kappa shape index (κ2) is 7.03. The second-order valence-electron chi connectivity index (χ2n) is 2.99. The summed E-state index contributed by atoms with van der Waals surface area (Å²) in [6.45, 7) is 1.74. The van der Waals surface area contributed by atoms with Crippen molar-refractivity contribution in [1.82, 2.24) is 4.90 Å². The van der Waals surface area contributed by atoms with Gasteiger partial charge in [-0.15, -0.1) is 0 Å². The smallest absolute Gasteiger partial charge is 0.383 e. The molecule has 0 saturated heterocycles. The zero-order valence-electron chi connectivity index (χ0n) is 8.31. The van der Waals surface area contributed by atoms with Crippen LogP contribution in [-0.4, -0.2) is 51.0 Å². The van der Waals surface area contributed by atoms with Crippen LogP contribution in [0.3, 0.4) is 0 Å². The van der Waals surface area contributed by atoms with E-state index >= 15 is 0 Å². The molecule has 0 unspecified atom stereocenters. The predicted octanol–water partition coefficient (Wildman–Crippen LogP) is 0.846. The first-order chi connectivity index (χ1) is 6.49. The number of hydrogen-bond donors (Lipinski definition) is 1. The van der Waals surface area contributed by atoms with E-state index in [0.29, 0.717) is 26.2 Å². The van der Waals surface area contributed by atoms with Crippen LogP contribution < -0.4 is 5.73 Å². The normalized spacial score (nSPS) is 12.4. The van der Waals surface area contributed by atoms with Crippen molar-refractivity contribution in [3.63, 3.8) is 0 Å². The fourth-order valence-corrected chi connectivity index (χ4v) is 1.02. The minimum absolute atomic E-state index is 0.00986. The number of nitrogens with two attached hydrogens (primary N) is 1. The molecule has 0 saturated carbocycles. The van der Waals surface area contributed by atoms with Gasteiger partial charge in [0.1, 0.15) is 0 Å². The number of hydrogen-bond acceptors (Lipinski definition) is 3. The van der Waals surface area contributed by atoms with Gasteiger partial charge in [-0.05, 0) is 0 Å². The van der Waals surface area contributed by atoms with E-state index in [0.717, 1.165) is 0 Å². The van der Waals surface area contributed by atoms with Crippen LogP contribution in [0, 0.1) is 0 Å². The molecule has 0 aliphatic rings. The van der Waals surface area contributed by atoms with E-state index in [-0.39, 0.29) is 6.54 Å². The largest absolute Gasteiger partial charge is 0.390 e. The number of rotatable bonds is 7. The van der Waals surface area contributed by atoms with Crippen LogP contribution in [0.4, 0.5) is 13.2 Å². The Labute approximate surface area is 82.0 Å². The van der Waals surface area contributed by atoms with E-state index in [4.69, 9.17) is 10.5 Å². The first-order valence-electron chi connectivity index (χ1n) is 4.47. The molecule has 0 aliphatic carbocycles. The van der Waals surface area contributed by atoms with Gasteiger partial charge in [-0.25, -0.2) is 0 Å². The molecule has 2 N–H and O–H groups in total. The first kappa shape index (κ1) is 13.7. The minimum Gasteiger partial charge on any atom is -0.383 e. The minimum atomic E-state index is -4.10. The maximum atomic E-state index is 11.9. The second-order valence-corrected chi connectivity index (χ2v) is 2.99. The summed E-state index contributed by atoms with van der Waals surface area (Å²) in [6.07, 6.45) is -4.89. The van der Waals surface area contributed by atoms with Crippen LogP contribution in [0.5, 0.6) is 0 Å². The van der Waals surface area contributed by atoms with E-state index in [9.17, 15) is 13.2 Å². The molecular weight excluding hydrogens is 197 g/mol. The molecule has 0 amide bonds. The molecule has 0 aliphatic heterocycles. The molecule has 0 aromatic heterocycles. The van der Waals surface area contributed by atoms with E-state index in [1.165, 1.54) is 7.11 Å². The Morgan fingerprint density at radius 1 is 1.21 bits per heavy atom. The summed E-state index contributed by atoms with van der Waals surface area (Å²) < 4.78 is 40.5. The average Bonchev–Trinajstić information content (AvgIpc) is 2.08. The topological polar surface area (TPSA) is 38.5 Å². The van der Waals surface area contributed by atoms with E-state index < -0.39 is 12.6 Å². The first-order valence-corrected chi connectivity index (χ1v) is 4.47. The fraction of sp³-hybridized carbons (Fsp3) is 1.00. The SMILES string of the molecule is COCCN(CCN)CCC(F)(F)F. The van der Waals surface area contributed by atoms with Gasteiger partial charge in [-0.2, -0.15) is 13.2 Å². The molecule has 0 radical (unpaired) electrons. The Kier molecular flexibility index (Phi) is 6.86. The molecule has 0 fully saturated rings. The van der Waals surface area contributed by atoms with Crippen molar-refractivity contribution in [1.29, 1.82) is 0 Å². The average molecular weight is 214 g/mol. The van der Waals surface area contributed by atoms with Gasteiger partial charge < -0.3 is 10.5 Å². The summed E-state index contributed by atoms with van der Waals surface area (Å²) in [5, 5.41) is 0. The van der Waals surface area contributed by atoms with Crippen molar-refractivity contribution in [3.8, 4) is 0 Å². The lowest BCUT2D eigenvalue weighted by Gasteiger charge is -2.21. The molecule has 0 heterocycles. The highest BCUT2D eigenvalue weighted by Crippen LogP contribution is 2.19. The highest BCUT2D eigenvalue weighted by molar-refractivity contribution is 4.61. The van der Waals surface area contributed by atoms with Crippen LogP contribution in [0.1, 0.15) is 6.42 Å². The number of nitrogens with zero attached hydrogens (tertiary/aromatic N) is 1. The van der Waals surface area contributed by atoms with Gasteiger partial charge in [0.15, 0.2) is 0 Å². The Hall–Kier alpha value is -0.330. The highest BCUT2D eigenvalue weighted by atomic mass is 19.4. The van der Waals surface area contributed by atoms with Gasteiger partial charge in [0.2, 0.25) is 0 Å². The monoisotopic (exact) mass is 214 g/mol. The summed E-state index contributed by atoms with van der Waals surface area (Å²) in [6, 6.07) is 0. The number of alkyl halides is 3. The van der Waals surface area contributed by atoms with Gasteiger partial charge in [-0.1, -0.05) is 0 Å². The lowest BCUT2D eigenvalue weighted by Crippen LogP contribution is -2.35. The maximum Gasteiger partial charge on any atom is 0.390 e.